The number of carbonyl (C=O) groups is 1. The molecule has 21 heavy (non-hydrogen) atoms. The van der Waals surface area contributed by atoms with Crippen molar-refractivity contribution in [3.05, 3.63) is 0 Å². The lowest BCUT2D eigenvalue weighted by Gasteiger charge is -2.31. The lowest BCUT2D eigenvalue weighted by Crippen LogP contribution is -2.43. The van der Waals surface area contributed by atoms with Crippen LogP contribution in [0.2, 0.25) is 0 Å². The van der Waals surface area contributed by atoms with Crippen LogP contribution in [0.4, 0.5) is 0 Å². The molecular weight excluding hydrogens is 260 g/mol. The molecule has 0 radical (unpaired) electrons. The molecule has 2 aliphatic rings. The highest BCUT2D eigenvalue weighted by molar-refractivity contribution is 5.84. The fourth-order valence-electron chi connectivity index (χ4n) is 3.71. The largest absolute Gasteiger partial charge is 0.325 e. The second-order valence-corrected chi connectivity index (χ2v) is 8.68. The fourth-order valence-corrected chi connectivity index (χ4v) is 3.71. The van der Waals surface area contributed by atoms with Crippen LogP contribution in [0.15, 0.2) is 0 Å². The Labute approximate surface area is 130 Å². The van der Waals surface area contributed by atoms with Crippen LogP contribution in [0.5, 0.6) is 0 Å². The molecule has 3 nitrogen and oxygen atoms in total. The Balaban J connectivity index is 2.05. The van der Waals surface area contributed by atoms with Gasteiger partial charge in [0.25, 0.3) is 0 Å². The zero-order valence-electron chi connectivity index (χ0n) is 14.6. The number of nitrogens with one attached hydrogen (secondary N) is 1. The topological polar surface area (TPSA) is 32.3 Å². The minimum Gasteiger partial charge on any atom is -0.325 e. The maximum absolute atomic E-state index is 12.8. The standard InChI is InChI=1S/C18H34N2O/c1-13(2)12-15-17(21)20(11-10-18(3,4)5)16(19-15)14-8-6-7-9-14/h13-16,19H,6-12H2,1-5H3. The molecule has 1 aliphatic heterocycles. The maximum Gasteiger partial charge on any atom is 0.241 e. The third-order valence-corrected chi connectivity index (χ3v) is 4.95. The van der Waals surface area contributed by atoms with E-state index in [4.69, 9.17) is 0 Å². The zero-order chi connectivity index (χ0) is 15.6. The van der Waals surface area contributed by atoms with Crippen molar-refractivity contribution in [3.63, 3.8) is 0 Å². The van der Waals surface area contributed by atoms with Gasteiger partial charge in [-0.2, -0.15) is 0 Å². The summed E-state index contributed by atoms with van der Waals surface area (Å²) in [7, 11) is 0. The van der Waals surface area contributed by atoms with Crippen molar-refractivity contribution in [2.24, 2.45) is 17.3 Å². The molecular formula is C18H34N2O. The van der Waals surface area contributed by atoms with Gasteiger partial charge in [-0.3, -0.25) is 10.1 Å². The monoisotopic (exact) mass is 294 g/mol. The molecule has 1 saturated carbocycles. The molecule has 2 fully saturated rings. The van der Waals surface area contributed by atoms with E-state index >= 15 is 0 Å². The summed E-state index contributed by atoms with van der Waals surface area (Å²) in [5.41, 5.74) is 0.288. The summed E-state index contributed by atoms with van der Waals surface area (Å²) < 4.78 is 0. The molecule has 2 unspecified atom stereocenters. The molecule has 0 spiro atoms. The summed E-state index contributed by atoms with van der Waals surface area (Å²) in [4.78, 5) is 15.0. The summed E-state index contributed by atoms with van der Waals surface area (Å²) in [5.74, 6) is 1.59. The smallest absolute Gasteiger partial charge is 0.241 e. The van der Waals surface area contributed by atoms with E-state index < -0.39 is 0 Å². The number of hydrogen-bond donors (Lipinski definition) is 1. The van der Waals surface area contributed by atoms with Crippen LogP contribution in [-0.4, -0.2) is 29.6 Å². The van der Waals surface area contributed by atoms with Crippen LogP contribution in [0.3, 0.4) is 0 Å². The second-order valence-electron chi connectivity index (χ2n) is 8.68. The van der Waals surface area contributed by atoms with Crippen LogP contribution in [-0.2, 0) is 4.79 Å². The number of rotatable bonds is 5. The molecule has 0 aromatic heterocycles. The Morgan fingerprint density at radius 1 is 1.24 bits per heavy atom. The molecule has 2 atom stereocenters. The van der Waals surface area contributed by atoms with Crippen molar-refractivity contribution >= 4 is 5.91 Å². The Morgan fingerprint density at radius 2 is 1.86 bits per heavy atom. The molecule has 0 aromatic rings. The van der Waals surface area contributed by atoms with Gasteiger partial charge < -0.3 is 4.90 Å². The molecule has 3 heteroatoms. The van der Waals surface area contributed by atoms with Gasteiger partial charge in [-0.15, -0.1) is 0 Å². The van der Waals surface area contributed by atoms with Crippen LogP contribution in [0.1, 0.15) is 73.1 Å². The van der Waals surface area contributed by atoms with Crippen LogP contribution < -0.4 is 5.32 Å². The number of hydrogen-bond acceptors (Lipinski definition) is 2. The molecule has 122 valence electrons. The summed E-state index contributed by atoms with van der Waals surface area (Å²) in [6.07, 6.45) is 7.58. The van der Waals surface area contributed by atoms with E-state index in [-0.39, 0.29) is 11.5 Å². The van der Waals surface area contributed by atoms with Gasteiger partial charge in [0, 0.05) is 6.54 Å². The molecule has 1 saturated heterocycles. The van der Waals surface area contributed by atoms with E-state index in [1.54, 1.807) is 0 Å². The number of carbonyl (C=O) groups excluding carboxylic acids is 1. The maximum atomic E-state index is 12.8. The van der Waals surface area contributed by atoms with Gasteiger partial charge >= 0.3 is 0 Å². The second kappa shape index (κ2) is 6.68. The van der Waals surface area contributed by atoms with Gasteiger partial charge in [-0.25, -0.2) is 0 Å². The van der Waals surface area contributed by atoms with Crippen molar-refractivity contribution in [2.75, 3.05) is 6.54 Å². The first-order chi connectivity index (χ1) is 9.78. The molecule has 2 rings (SSSR count). The SMILES string of the molecule is CC(C)CC1NC(C2CCCC2)N(CCC(C)(C)C)C1=O. The highest BCUT2D eigenvalue weighted by Crippen LogP contribution is 2.33. The molecule has 1 N–H and O–H groups in total. The average Bonchev–Trinajstić information content (AvgIpc) is 2.95. The van der Waals surface area contributed by atoms with Crippen molar-refractivity contribution in [1.29, 1.82) is 0 Å². The number of amides is 1. The van der Waals surface area contributed by atoms with Gasteiger partial charge in [0.1, 0.15) is 0 Å². The van der Waals surface area contributed by atoms with E-state index in [1.807, 2.05) is 0 Å². The van der Waals surface area contributed by atoms with E-state index in [0.717, 1.165) is 19.4 Å². The van der Waals surface area contributed by atoms with E-state index in [0.29, 0.717) is 23.9 Å². The van der Waals surface area contributed by atoms with E-state index in [1.165, 1.54) is 25.7 Å². The summed E-state index contributed by atoms with van der Waals surface area (Å²) >= 11 is 0. The van der Waals surface area contributed by atoms with Gasteiger partial charge in [0.2, 0.25) is 5.91 Å². The van der Waals surface area contributed by atoms with Crippen molar-refractivity contribution in [1.82, 2.24) is 10.2 Å². The molecule has 1 amide bonds. The Hall–Kier alpha value is -0.570. The fraction of sp³-hybridized carbons (Fsp3) is 0.944. The van der Waals surface area contributed by atoms with Gasteiger partial charge in [-0.1, -0.05) is 47.5 Å². The van der Waals surface area contributed by atoms with Crippen LogP contribution in [0.25, 0.3) is 0 Å². The highest BCUT2D eigenvalue weighted by Gasteiger charge is 2.43. The van der Waals surface area contributed by atoms with Crippen LogP contribution >= 0.6 is 0 Å². The van der Waals surface area contributed by atoms with Gasteiger partial charge in [0.05, 0.1) is 12.2 Å². The average molecular weight is 294 g/mol. The van der Waals surface area contributed by atoms with Crippen molar-refractivity contribution in [2.45, 2.75) is 85.4 Å². The predicted molar refractivity (Wildman–Crippen MR) is 87.9 cm³/mol. The quantitative estimate of drug-likeness (QED) is 0.837. The predicted octanol–water partition coefficient (Wildman–Crippen LogP) is 3.79. The number of nitrogens with zero attached hydrogens (tertiary/aromatic N) is 1. The molecule has 0 bridgehead atoms. The first-order valence-corrected chi connectivity index (χ1v) is 8.84. The van der Waals surface area contributed by atoms with Gasteiger partial charge in [-0.05, 0) is 42.9 Å². The Bertz CT molecular complexity index is 353. The van der Waals surface area contributed by atoms with E-state index in [9.17, 15) is 4.79 Å². The van der Waals surface area contributed by atoms with Crippen LogP contribution in [0, 0.1) is 17.3 Å². The van der Waals surface area contributed by atoms with E-state index in [2.05, 4.69) is 44.8 Å². The minimum absolute atomic E-state index is 0.0515. The first kappa shape index (κ1) is 16.8. The minimum atomic E-state index is 0.0515. The molecule has 1 heterocycles. The Kier molecular flexibility index (Phi) is 5.34. The Morgan fingerprint density at radius 3 is 2.38 bits per heavy atom. The molecule has 0 aromatic carbocycles. The third-order valence-electron chi connectivity index (χ3n) is 4.95. The first-order valence-electron chi connectivity index (χ1n) is 8.84. The summed E-state index contributed by atoms with van der Waals surface area (Å²) in [6, 6.07) is 0.0515. The van der Waals surface area contributed by atoms with Crippen molar-refractivity contribution in [3.8, 4) is 0 Å². The zero-order valence-corrected chi connectivity index (χ0v) is 14.6. The lowest BCUT2D eigenvalue weighted by atomic mass is 9.91. The highest BCUT2D eigenvalue weighted by atomic mass is 16.2. The normalized spacial score (nSPS) is 28.1. The summed E-state index contributed by atoms with van der Waals surface area (Å²) in [5, 5.41) is 3.68. The third kappa shape index (κ3) is 4.45. The lowest BCUT2D eigenvalue weighted by molar-refractivity contribution is -0.131. The summed E-state index contributed by atoms with van der Waals surface area (Å²) in [6.45, 7) is 12.1. The van der Waals surface area contributed by atoms with Gasteiger partial charge in [0.15, 0.2) is 0 Å². The molecule has 1 aliphatic carbocycles. The van der Waals surface area contributed by atoms with Crippen molar-refractivity contribution < 1.29 is 4.79 Å².